The van der Waals surface area contributed by atoms with Crippen LogP contribution in [-0.2, 0) is 16.0 Å². The van der Waals surface area contributed by atoms with Crippen LogP contribution in [0.5, 0.6) is 0 Å². The standard InChI is InChI=1S/C36H43FN6O4/c1-36(2,3)47-35(46)40-19-9-21-43-28(13-5-7-15-32(43)44)24-41-34(45)30-16-17-31(29-14-6-4-11-26(29)23-38)42-33(30)39-20-18-25-10-8-12-27(37)22-25/h4,6,8,10-12,14,16-17,22,28H,5,7,9,13,15,18-21,24H2,1-3H3,(H,39,42)(H,40,46)(H,41,45). The summed E-state index contributed by atoms with van der Waals surface area (Å²) in [4.78, 5) is 45.2. The molecule has 1 fully saturated rings. The van der Waals surface area contributed by atoms with Crippen LogP contribution in [0.25, 0.3) is 11.3 Å². The van der Waals surface area contributed by atoms with E-state index < -0.39 is 11.7 Å². The number of alkyl carbamates (subject to hydrolysis) is 1. The predicted octanol–water partition coefficient (Wildman–Crippen LogP) is 5.83. The first kappa shape index (κ1) is 34.9. The van der Waals surface area contributed by atoms with Crippen LogP contribution in [-0.4, -0.2) is 65.6 Å². The minimum Gasteiger partial charge on any atom is -0.444 e. The molecular formula is C36H43FN6O4. The Morgan fingerprint density at radius 3 is 2.64 bits per heavy atom. The van der Waals surface area contributed by atoms with Gasteiger partial charge in [-0.15, -0.1) is 0 Å². The minimum atomic E-state index is -0.595. The van der Waals surface area contributed by atoms with Gasteiger partial charge < -0.3 is 25.6 Å². The zero-order valence-electron chi connectivity index (χ0n) is 27.3. The molecule has 10 nitrogen and oxygen atoms in total. The molecule has 0 spiro atoms. The predicted molar refractivity (Wildman–Crippen MR) is 178 cm³/mol. The van der Waals surface area contributed by atoms with Gasteiger partial charge >= 0.3 is 6.09 Å². The highest BCUT2D eigenvalue weighted by molar-refractivity contribution is 5.99. The van der Waals surface area contributed by atoms with Gasteiger partial charge in [0.25, 0.3) is 5.91 Å². The summed E-state index contributed by atoms with van der Waals surface area (Å²) in [5, 5.41) is 18.6. The summed E-state index contributed by atoms with van der Waals surface area (Å²) in [6.45, 7) is 6.84. The zero-order valence-corrected chi connectivity index (χ0v) is 27.3. The summed E-state index contributed by atoms with van der Waals surface area (Å²) in [7, 11) is 0. The van der Waals surface area contributed by atoms with E-state index in [1.54, 1.807) is 57.2 Å². The highest BCUT2D eigenvalue weighted by atomic mass is 19.1. The summed E-state index contributed by atoms with van der Waals surface area (Å²) in [6.07, 6.45) is 3.38. The third-order valence-corrected chi connectivity index (χ3v) is 7.74. The van der Waals surface area contributed by atoms with Crippen LogP contribution in [0.4, 0.5) is 15.0 Å². The van der Waals surface area contributed by atoms with Crippen molar-refractivity contribution in [2.75, 3.05) is 31.5 Å². The Labute approximate surface area is 275 Å². The SMILES string of the molecule is CC(C)(C)OC(=O)NCCCN1C(=O)CCCCC1CNC(=O)c1ccc(-c2ccccc2C#N)nc1NCCc1cccc(F)c1. The number of benzene rings is 2. The fourth-order valence-electron chi connectivity index (χ4n) is 5.49. The van der Waals surface area contributed by atoms with Gasteiger partial charge in [0.1, 0.15) is 17.2 Å². The van der Waals surface area contributed by atoms with E-state index in [2.05, 4.69) is 22.0 Å². The lowest BCUT2D eigenvalue weighted by molar-refractivity contribution is -0.132. The second-order valence-electron chi connectivity index (χ2n) is 12.5. The summed E-state index contributed by atoms with van der Waals surface area (Å²) < 4.78 is 19.0. The molecule has 0 aliphatic carbocycles. The lowest BCUT2D eigenvalue weighted by Crippen LogP contribution is -2.47. The number of hydrogen-bond donors (Lipinski definition) is 3. The zero-order chi connectivity index (χ0) is 33.8. The number of carbonyl (C=O) groups is 3. The van der Waals surface area contributed by atoms with Crippen LogP contribution < -0.4 is 16.0 Å². The quantitative estimate of drug-likeness (QED) is 0.212. The molecule has 3 aromatic rings. The van der Waals surface area contributed by atoms with Crippen molar-refractivity contribution in [3.63, 3.8) is 0 Å². The average Bonchev–Trinajstić information content (AvgIpc) is 3.21. The first-order chi connectivity index (χ1) is 22.5. The molecule has 4 rings (SSSR count). The Balaban J connectivity index is 1.46. The van der Waals surface area contributed by atoms with Gasteiger partial charge in [0, 0.05) is 44.2 Å². The molecule has 248 valence electrons. The normalized spacial score (nSPS) is 14.9. The number of hydrogen-bond acceptors (Lipinski definition) is 7. The van der Waals surface area contributed by atoms with Crippen LogP contribution in [0.3, 0.4) is 0 Å². The molecule has 1 aliphatic rings. The number of ether oxygens (including phenoxy) is 1. The van der Waals surface area contributed by atoms with Gasteiger partial charge in [-0.3, -0.25) is 9.59 Å². The Morgan fingerprint density at radius 2 is 1.87 bits per heavy atom. The van der Waals surface area contributed by atoms with Crippen molar-refractivity contribution in [1.29, 1.82) is 5.26 Å². The van der Waals surface area contributed by atoms with E-state index in [0.29, 0.717) is 67.1 Å². The van der Waals surface area contributed by atoms with Crippen molar-refractivity contribution in [1.82, 2.24) is 20.5 Å². The maximum absolute atomic E-state index is 13.7. The number of nitrogens with one attached hydrogen (secondary N) is 3. The van der Waals surface area contributed by atoms with Crippen LogP contribution in [0.2, 0.25) is 0 Å². The van der Waals surface area contributed by atoms with Crippen LogP contribution in [0.1, 0.15) is 74.4 Å². The number of nitriles is 1. The summed E-state index contributed by atoms with van der Waals surface area (Å²) in [5.41, 5.74) is 2.16. The molecular weight excluding hydrogens is 599 g/mol. The number of likely N-dealkylation sites (tertiary alicyclic amines) is 1. The van der Waals surface area contributed by atoms with E-state index in [0.717, 1.165) is 24.8 Å². The molecule has 1 saturated heterocycles. The molecule has 3 N–H and O–H groups in total. The number of anilines is 1. The second kappa shape index (κ2) is 16.5. The van der Waals surface area contributed by atoms with Crippen molar-refractivity contribution in [3.8, 4) is 17.3 Å². The monoisotopic (exact) mass is 642 g/mol. The molecule has 47 heavy (non-hydrogen) atoms. The molecule has 1 atom stereocenters. The maximum atomic E-state index is 13.7. The molecule has 0 radical (unpaired) electrons. The van der Waals surface area contributed by atoms with Gasteiger partial charge in [0.15, 0.2) is 0 Å². The van der Waals surface area contributed by atoms with Crippen LogP contribution >= 0.6 is 0 Å². The van der Waals surface area contributed by atoms with E-state index in [1.165, 1.54) is 12.1 Å². The third-order valence-electron chi connectivity index (χ3n) is 7.74. The summed E-state index contributed by atoms with van der Waals surface area (Å²) >= 11 is 0. The summed E-state index contributed by atoms with van der Waals surface area (Å²) in [5.74, 6) is -0.303. The second-order valence-corrected chi connectivity index (χ2v) is 12.5. The van der Waals surface area contributed by atoms with E-state index in [9.17, 15) is 24.0 Å². The molecule has 3 amide bonds. The topological polar surface area (TPSA) is 136 Å². The van der Waals surface area contributed by atoms with Gasteiger partial charge in [-0.2, -0.15) is 5.26 Å². The molecule has 2 heterocycles. The number of rotatable bonds is 12. The minimum absolute atomic E-state index is 0.0286. The third kappa shape index (κ3) is 10.5. The molecule has 1 aliphatic heterocycles. The highest BCUT2D eigenvalue weighted by Gasteiger charge is 2.27. The number of carbonyl (C=O) groups excluding carboxylic acids is 3. The van der Waals surface area contributed by atoms with Gasteiger partial charge in [-0.1, -0.05) is 36.8 Å². The van der Waals surface area contributed by atoms with Crippen LogP contribution in [0, 0.1) is 17.1 Å². The largest absolute Gasteiger partial charge is 0.444 e. The van der Waals surface area contributed by atoms with Gasteiger partial charge in [-0.05, 0) is 82.3 Å². The van der Waals surface area contributed by atoms with Crippen molar-refractivity contribution in [3.05, 3.63) is 83.2 Å². The number of nitrogens with zero attached hydrogens (tertiary/aromatic N) is 3. The Kier molecular flexibility index (Phi) is 12.3. The molecule has 0 saturated carbocycles. The Bertz CT molecular complexity index is 1600. The van der Waals surface area contributed by atoms with Crippen molar-refractivity contribution >= 4 is 23.7 Å². The fraction of sp³-hybridized carbons (Fsp3) is 0.417. The smallest absolute Gasteiger partial charge is 0.407 e. The van der Waals surface area contributed by atoms with Crippen molar-refractivity contribution in [2.45, 2.75) is 70.9 Å². The molecule has 2 aromatic carbocycles. The van der Waals surface area contributed by atoms with E-state index in [4.69, 9.17) is 9.72 Å². The Hall–Kier alpha value is -4.98. The van der Waals surface area contributed by atoms with Gasteiger partial charge in [0.2, 0.25) is 5.91 Å². The van der Waals surface area contributed by atoms with E-state index >= 15 is 0 Å². The lowest BCUT2D eigenvalue weighted by Gasteiger charge is -2.30. The fourth-order valence-corrected chi connectivity index (χ4v) is 5.49. The average molecular weight is 643 g/mol. The Morgan fingerprint density at radius 1 is 1.06 bits per heavy atom. The van der Waals surface area contributed by atoms with Gasteiger partial charge in [-0.25, -0.2) is 14.2 Å². The summed E-state index contributed by atoms with van der Waals surface area (Å²) in [6, 6.07) is 18.8. The van der Waals surface area contributed by atoms with E-state index in [1.807, 2.05) is 17.0 Å². The van der Waals surface area contributed by atoms with Crippen molar-refractivity contribution in [2.24, 2.45) is 0 Å². The first-order valence-corrected chi connectivity index (χ1v) is 16.1. The molecule has 11 heteroatoms. The maximum Gasteiger partial charge on any atom is 0.407 e. The molecule has 1 aromatic heterocycles. The number of halogens is 1. The molecule has 1 unspecified atom stereocenters. The number of amides is 3. The number of pyridine rings is 1. The van der Waals surface area contributed by atoms with Crippen molar-refractivity contribution < 1.29 is 23.5 Å². The number of aromatic nitrogens is 1. The first-order valence-electron chi connectivity index (χ1n) is 16.1. The lowest BCUT2D eigenvalue weighted by atomic mass is 10.0. The molecule has 0 bridgehead atoms. The highest BCUT2D eigenvalue weighted by Crippen LogP contribution is 2.25. The van der Waals surface area contributed by atoms with E-state index in [-0.39, 0.29) is 30.2 Å². The van der Waals surface area contributed by atoms with Gasteiger partial charge in [0.05, 0.1) is 22.9 Å². The van der Waals surface area contributed by atoms with Crippen LogP contribution in [0.15, 0.2) is 60.7 Å².